The zero-order chi connectivity index (χ0) is 12.1. The van der Waals surface area contributed by atoms with Gasteiger partial charge in [-0.3, -0.25) is 9.79 Å². The van der Waals surface area contributed by atoms with E-state index >= 15 is 0 Å². The number of aliphatic imine (C=N–C) groups is 1. The molecule has 0 aromatic rings. The van der Waals surface area contributed by atoms with Gasteiger partial charge < -0.3 is 18.9 Å². The highest BCUT2D eigenvalue weighted by Gasteiger charge is 1.97. The summed E-state index contributed by atoms with van der Waals surface area (Å²) in [5.41, 5.74) is 0. The maximum atomic E-state index is 9.72. The van der Waals surface area contributed by atoms with E-state index in [-0.39, 0.29) is 6.29 Å². The van der Waals surface area contributed by atoms with Crippen molar-refractivity contribution in [3.63, 3.8) is 0 Å². The first-order chi connectivity index (χ1) is 7.19. The zero-order valence-electron chi connectivity index (χ0n) is 9.80. The highest BCUT2D eigenvalue weighted by atomic mass is 16.7. The number of carbonyl (C=O) groups is 1. The summed E-state index contributed by atoms with van der Waals surface area (Å²) in [7, 11) is 7.61. The molecule has 0 aliphatic rings. The normalized spacial score (nSPS) is 10.6. The molecular formula is C9H19NO5. The molecule has 0 fully saturated rings. The molecule has 0 amide bonds. The standard InChI is InChI=1S/C5H11NO2.C4H8O3/c1-6-4-5(7-2)8-3;1-6-4(3-5)7-2/h4-5H,1-3H3;3-4H,1-2H3. The number of aldehydes is 1. The van der Waals surface area contributed by atoms with Crippen LogP contribution in [-0.4, -0.2) is 60.6 Å². The minimum absolute atomic E-state index is 0.292. The van der Waals surface area contributed by atoms with E-state index < -0.39 is 6.29 Å². The van der Waals surface area contributed by atoms with Crippen LogP contribution in [0.5, 0.6) is 0 Å². The smallest absolute Gasteiger partial charge is 0.214 e. The van der Waals surface area contributed by atoms with Crippen molar-refractivity contribution < 1.29 is 23.7 Å². The van der Waals surface area contributed by atoms with Gasteiger partial charge in [-0.25, -0.2) is 0 Å². The van der Waals surface area contributed by atoms with E-state index in [1.807, 2.05) is 0 Å². The molecule has 0 spiro atoms. The second-order valence-electron chi connectivity index (χ2n) is 2.22. The second kappa shape index (κ2) is 13.2. The summed E-state index contributed by atoms with van der Waals surface area (Å²) in [6, 6.07) is 0. The molecule has 0 atom stereocenters. The van der Waals surface area contributed by atoms with Crippen LogP contribution in [0.4, 0.5) is 0 Å². The van der Waals surface area contributed by atoms with Crippen LogP contribution < -0.4 is 0 Å². The van der Waals surface area contributed by atoms with Crippen LogP contribution in [0.25, 0.3) is 0 Å². The predicted octanol–water partition coefficient (Wildman–Crippen LogP) is 0.110. The number of rotatable bonds is 6. The minimum Gasteiger partial charge on any atom is -0.351 e. The van der Waals surface area contributed by atoms with Crippen molar-refractivity contribution in [3.05, 3.63) is 0 Å². The van der Waals surface area contributed by atoms with E-state index in [0.717, 1.165) is 0 Å². The van der Waals surface area contributed by atoms with Gasteiger partial charge in [0.15, 0.2) is 12.6 Å². The van der Waals surface area contributed by atoms with E-state index in [1.165, 1.54) is 14.2 Å². The van der Waals surface area contributed by atoms with E-state index in [4.69, 9.17) is 9.47 Å². The van der Waals surface area contributed by atoms with Crippen molar-refractivity contribution in [3.8, 4) is 0 Å². The lowest BCUT2D eigenvalue weighted by Gasteiger charge is -2.04. The van der Waals surface area contributed by atoms with Gasteiger partial charge in [-0.1, -0.05) is 0 Å². The number of ether oxygens (including phenoxy) is 4. The summed E-state index contributed by atoms with van der Waals surface area (Å²) in [4.78, 5) is 13.4. The number of hydrogen-bond acceptors (Lipinski definition) is 6. The summed E-state index contributed by atoms with van der Waals surface area (Å²) in [6.45, 7) is 0. The van der Waals surface area contributed by atoms with Crippen LogP contribution in [0.3, 0.4) is 0 Å². The van der Waals surface area contributed by atoms with Crippen molar-refractivity contribution in [1.29, 1.82) is 0 Å². The first kappa shape index (κ1) is 16.6. The number of hydrogen-bond donors (Lipinski definition) is 0. The first-order valence-corrected chi connectivity index (χ1v) is 4.18. The van der Waals surface area contributed by atoms with Crippen LogP contribution in [0.2, 0.25) is 0 Å². The highest BCUT2D eigenvalue weighted by Crippen LogP contribution is 1.83. The number of methoxy groups -OCH3 is 4. The Morgan fingerprint density at radius 3 is 1.40 bits per heavy atom. The molecule has 0 saturated heterocycles. The Labute approximate surface area is 90.2 Å². The maximum absolute atomic E-state index is 9.72. The van der Waals surface area contributed by atoms with Crippen LogP contribution in [-0.2, 0) is 23.7 Å². The lowest BCUT2D eigenvalue weighted by Crippen LogP contribution is -2.13. The molecule has 0 unspecified atom stereocenters. The topological polar surface area (TPSA) is 66.3 Å². The molecule has 6 nitrogen and oxygen atoms in total. The van der Waals surface area contributed by atoms with E-state index in [1.54, 1.807) is 27.5 Å². The Balaban J connectivity index is 0. The van der Waals surface area contributed by atoms with Crippen molar-refractivity contribution in [2.45, 2.75) is 12.6 Å². The Hall–Kier alpha value is -0.820. The number of carbonyl (C=O) groups excluding carboxylic acids is 1. The van der Waals surface area contributed by atoms with Crippen molar-refractivity contribution >= 4 is 12.5 Å². The summed E-state index contributed by atoms with van der Waals surface area (Å²) in [5, 5.41) is 0. The molecule has 0 rings (SSSR count). The fraction of sp³-hybridized carbons (Fsp3) is 0.778. The van der Waals surface area contributed by atoms with E-state index in [0.29, 0.717) is 6.29 Å². The molecule has 0 aliphatic carbocycles. The monoisotopic (exact) mass is 221 g/mol. The molecule has 0 saturated carbocycles. The molecule has 0 aromatic heterocycles. The zero-order valence-corrected chi connectivity index (χ0v) is 9.80. The Morgan fingerprint density at radius 2 is 1.33 bits per heavy atom. The first-order valence-electron chi connectivity index (χ1n) is 4.18. The fourth-order valence-corrected chi connectivity index (χ4v) is 0.547. The van der Waals surface area contributed by atoms with E-state index in [9.17, 15) is 4.79 Å². The van der Waals surface area contributed by atoms with Gasteiger partial charge in [0.25, 0.3) is 0 Å². The van der Waals surface area contributed by atoms with Crippen molar-refractivity contribution in [2.75, 3.05) is 35.5 Å². The van der Waals surface area contributed by atoms with Gasteiger partial charge in [-0.2, -0.15) is 0 Å². The molecule has 90 valence electrons. The molecule has 6 heteroatoms. The van der Waals surface area contributed by atoms with Gasteiger partial charge >= 0.3 is 0 Å². The average Bonchev–Trinajstić information content (AvgIpc) is 2.29. The Bertz CT molecular complexity index is 155. The molecular weight excluding hydrogens is 202 g/mol. The average molecular weight is 221 g/mol. The maximum Gasteiger partial charge on any atom is 0.214 e. The lowest BCUT2D eigenvalue weighted by atomic mass is 10.7. The highest BCUT2D eigenvalue weighted by molar-refractivity contribution is 5.60. The van der Waals surface area contributed by atoms with Gasteiger partial charge in [0.1, 0.15) is 0 Å². The lowest BCUT2D eigenvalue weighted by molar-refractivity contribution is -0.143. The Morgan fingerprint density at radius 1 is 0.933 bits per heavy atom. The molecule has 0 N–H and O–H groups in total. The third-order valence-corrected chi connectivity index (χ3v) is 1.31. The fourth-order valence-electron chi connectivity index (χ4n) is 0.547. The van der Waals surface area contributed by atoms with Gasteiger partial charge in [0.2, 0.25) is 6.29 Å². The summed E-state index contributed by atoms with van der Waals surface area (Å²) in [6.07, 6.45) is 1.18. The number of nitrogens with zero attached hydrogens (tertiary/aromatic N) is 1. The third kappa shape index (κ3) is 11.1. The summed E-state index contributed by atoms with van der Waals surface area (Å²) >= 11 is 0. The largest absolute Gasteiger partial charge is 0.351 e. The molecule has 15 heavy (non-hydrogen) atoms. The summed E-state index contributed by atoms with van der Waals surface area (Å²) in [5.74, 6) is 0. The van der Waals surface area contributed by atoms with Crippen LogP contribution in [0, 0.1) is 0 Å². The third-order valence-electron chi connectivity index (χ3n) is 1.31. The second-order valence-corrected chi connectivity index (χ2v) is 2.22. The molecule has 0 bridgehead atoms. The minimum atomic E-state index is -0.694. The molecule has 0 aliphatic heterocycles. The van der Waals surface area contributed by atoms with Gasteiger partial charge in [0, 0.05) is 35.5 Å². The van der Waals surface area contributed by atoms with Gasteiger partial charge in [-0.05, 0) is 0 Å². The SMILES string of the molecule is CN=CC(OC)OC.COC(C=O)OC. The van der Waals surface area contributed by atoms with Crippen molar-refractivity contribution in [1.82, 2.24) is 0 Å². The Kier molecular flexibility index (Phi) is 14.6. The van der Waals surface area contributed by atoms with Crippen molar-refractivity contribution in [2.24, 2.45) is 4.99 Å². The van der Waals surface area contributed by atoms with Crippen LogP contribution in [0.15, 0.2) is 4.99 Å². The summed E-state index contributed by atoms with van der Waals surface area (Å²) < 4.78 is 18.5. The molecule has 0 heterocycles. The molecule has 0 aromatic carbocycles. The quantitative estimate of drug-likeness (QED) is 0.362. The van der Waals surface area contributed by atoms with Crippen LogP contribution >= 0.6 is 0 Å². The van der Waals surface area contributed by atoms with Gasteiger partial charge in [-0.15, -0.1) is 0 Å². The van der Waals surface area contributed by atoms with E-state index in [2.05, 4.69) is 14.5 Å². The van der Waals surface area contributed by atoms with Crippen LogP contribution in [0.1, 0.15) is 0 Å². The predicted molar refractivity (Wildman–Crippen MR) is 56.1 cm³/mol. The molecule has 0 radical (unpaired) electrons. The van der Waals surface area contributed by atoms with Gasteiger partial charge in [0.05, 0.1) is 6.21 Å².